The van der Waals surface area contributed by atoms with Gasteiger partial charge in [0.1, 0.15) is 5.75 Å². The Kier molecular flexibility index (Phi) is 10.3. The van der Waals surface area contributed by atoms with E-state index in [4.69, 9.17) is 10.8 Å². The van der Waals surface area contributed by atoms with E-state index in [0.717, 1.165) is 47.2 Å². The number of aliphatic hydroxyl groups excluding tert-OH is 1. The number of aliphatic hydroxyl groups is 1. The molecule has 5 heteroatoms. The molecule has 214 valence electrons. The Hall–Kier alpha value is -3.93. The number of nitrogens with one attached hydrogen (secondary N) is 1. The highest BCUT2D eigenvalue weighted by Gasteiger charge is 2.42. The van der Waals surface area contributed by atoms with Gasteiger partial charge in [0.15, 0.2) is 0 Å². The Balaban J connectivity index is 0.000000218. The van der Waals surface area contributed by atoms with Gasteiger partial charge in [-0.15, -0.1) is 0 Å². The highest BCUT2D eigenvalue weighted by molar-refractivity contribution is 5.90. The van der Waals surface area contributed by atoms with Crippen molar-refractivity contribution in [2.24, 2.45) is 5.73 Å². The molecule has 1 aliphatic heterocycles. The zero-order chi connectivity index (χ0) is 29.1. The van der Waals surface area contributed by atoms with Gasteiger partial charge in [-0.1, -0.05) is 104 Å². The lowest BCUT2D eigenvalue weighted by atomic mass is 9.68. The molecule has 5 rings (SSSR count). The van der Waals surface area contributed by atoms with Gasteiger partial charge in [0.25, 0.3) is 0 Å². The molecule has 0 radical (unpaired) electrons. The van der Waals surface area contributed by atoms with E-state index in [1.54, 1.807) is 18.2 Å². The Morgan fingerprint density at radius 3 is 2.02 bits per heavy atom. The minimum atomic E-state index is -0.792. The van der Waals surface area contributed by atoms with E-state index in [0.29, 0.717) is 6.42 Å². The van der Waals surface area contributed by atoms with E-state index < -0.39 is 5.41 Å². The maximum absolute atomic E-state index is 12.9. The molecule has 5 nitrogen and oxygen atoms in total. The van der Waals surface area contributed by atoms with E-state index >= 15 is 0 Å². The molecule has 5 N–H and O–H groups in total. The molecule has 1 atom stereocenters. The van der Waals surface area contributed by atoms with Crippen molar-refractivity contribution in [1.29, 1.82) is 0 Å². The van der Waals surface area contributed by atoms with Crippen molar-refractivity contribution >= 4 is 5.91 Å². The zero-order valence-corrected chi connectivity index (χ0v) is 23.9. The van der Waals surface area contributed by atoms with Gasteiger partial charge in [-0.25, -0.2) is 0 Å². The molecule has 1 aliphatic rings. The number of aromatic hydroxyl groups is 1. The largest absolute Gasteiger partial charge is 0.508 e. The number of rotatable bonds is 8. The number of phenols is 1. The number of amides is 1. The number of primary amides is 1. The van der Waals surface area contributed by atoms with E-state index in [-0.39, 0.29) is 23.8 Å². The average molecular weight is 551 g/mol. The van der Waals surface area contributed by atoms with E-state index in [2.05, 4.69) is 12.2 Å². The van der Waals surface area contributed by atoms with Crippen LogP contribution in [0.4, 0.5) is 0 Å². The summed E-state index contributed by atoms with van der Waals surface area (Å²) in [5, 5.41) is 22.1. The molecule has 1 unspecified atom stereocenters. The van der Waals surface area contributed by atoms with Gasteiger partial charge in [0.2, 0.25) is 5.91 Å². The Bertz CT molecular complexity index is 1340. The molecule has 0 bridgehead atoms. The SMILES string of the molecule is CC1(CCC(C(N)=O)(c2ccccc2)c2ccccc2)CCCCCN1.OCc1cccc(-c2cccc(O)c2)c1. The Morgan fingerprint density at radius 1 is 0.829 bits per heavy atom. The van der Waals surface area contributed by atoms with E-state index in [1.165, 1.54) is 19.3 Å². The van der Waals surface area contributed by atoms with Crippen LogP contribution in [0.15, 0.2) is 109 Å². The molecule has 1 saturated heterocycles. The quantitative estimate of drug-likeness (QED) is 0.196. The summed E-state index contributed by atoms with van der Waals surface area (Å²) in [7, 11) is 0. The molecule has 1 amide bonds. The van der Waals surface area contributed by atoms with Crippen LogP contribution < -0.4 is 11.1 Å². The van der Waals surface area contributed by atoms with Crippen LogP contribution in [-0.4, -0.2) is 28.2 Å². The molecule has 0 spiro atoms. The third-order valence-electron chi connectivity index (χ3n) is 8.25. The lowest BCUT2D eigenvalue weighted by Crippen LogP contribution is -2.47. The number of hydrogen-bond donors (Lipinski definition) is 4. The standard InChI is InChI=1S/C23H30N2O.C13H12O2/c1-22(15-9-4-10-18-25-22)16-17-23(21(24)26,19-11-5-2-6-12-19)20-13-7-3-8-14-20;14-9-10-3-1-4-11(7-10)12-5-2-6-13(15)8-12/h2-3,5-8,11-14,25H,4,9-10,15-18H2,1H3,(H2,24,26);1-8,14-15H,9H2. The van der Waals surface area contributed by atoms with Crippen LogP contribution in [0.1, 0.15) is 62.1 Å². The maximum Gasteiger partial charge on any atom is 0.232 e. The molecular weight excluding hydrogens is 508 g/mol. The number of hydrogen-bond acceptors (Lipinski definition) is 4. The fourth-order valence-electron chi connectivity index (χ4n) is 5.82. The predicted octanol–water partition coefficient (Wildman–Crippen LogP) is 6.71. The molecule has 0 saturated carbocycles. The molecule has 0 aromatic heterocycles. The monoisotopic (exact) mass is 550 g/mol. The lowest BCUT2D eigenvalue weighted by molar-refractivity contribution is -0.122. The maximum atomic E-state index is 12.9. The number of carbonyl (C=O) groups excluding carboxylic acids is 1. The fraction of sp³-hybridized carbons (Fsp3) is 0.306. The zero-order valence-electron chi connectivity index (χ0n) is 23.9. The second kappa shape index (κ2) is 14.1. The van der Waals surface area contributed by atoms with Crippen molar-refractivity contribution in [3.63, 3.8) is 0 Å². The van der Waals surface area contributed by atoms with Crippen molar-refractivity contribution in [1.82, 2.24) is 5.32 Å². The first kappa shape index (κ1) is 30.0. The second-order valence-corrected chi connectivity index (χ2v) is 11.2. The van der Waals surface area contributed by atoms with Crippen molar-refractivity contribution in [3.8, 4) is 16.9 Å². The summed E-state index contributed by atoms with van der Waals surface area (Å²) in [5.41, 5.74) is 10.1. The predicted molar refractivity (Wildman–Crippen MR) is 166 cm³/mol. The first-order chi connectivity index (χ1) is 19.9. The highest BCUT2D eigenvalue weighted by atomic mass is 16.3. The number of benzene rings is 4. The number of nitrogens with two attached hydrogens (primary N) is 1. The van der Waals surface area contributed by atoms with E-state index in [9.17, 15) is 9.90 Å². The van der Waals surface area contributed by atoms with Gasteiger partial charge in [0.05, 0.1) is 12.0 Å². The van der Waals surface area contributed by atoms with Crippen LogP contribution in [-0.2, 0) is 16.8 Å². The summed E-state index contributed by atoms with van der Waals surface area (Å²) in [6, 6.07) is 34.7. The minimum Gasteiger partial charge on any atom is -0.508 e. The smallest absolute Gasteiger partial charge is 0.232 e. The molecule has 0 aliphatic carbocycles. The Morgan fingerprint density at radius 2 is 1.44 bits per heavy atom. The topological polar surface area (TPSA) is 95.6 Å². The molecule has 41 heavy (non-hydrogen) atoms. The molecule has 1 heterocycles. The summed E-state index contributed by atoms with van der Waals surface area (Å²) in [6.07, 6.45) is 6.52. The number of carbonyl (C=O) groups is 1. The van der Waals surface area contributed by atoms with Crippen LogP contribution in [0.3, 0.4) is 0 Å². The third-order valence-corrected chi connectivity index (χ3v) is 8.25. The molecular formula is C36H42N2O3. The first-order valence-electron chi connectivity index (χ1n) is 14.5. The lowest BCUT2D eigenvalue weighted by Gasteiger charge is -2.37. The summed E-state index contributed by atoms with van der Waals surface area (Å²) in [6.45, 7) is 3.38. The summed E-state index contributed by atoms with van der Waals surface area (Å²) in [5.74, 6) is -0.0194. The first-order valence-corrected chi connectivity index (χ1v) is 14.5. The normalized spacial score (nSPS) is 17.1. The van der Waals surface area contributed by atoms with Gasteiger partial charge >= 0.3 is 0 Å². The van der Waals surface area contributed by atoms with Gasteiger partial charge < -0.3 is 21.3 Å². The third kappa shape index (κ3) is 7.63. The van der Waals surface area contributed by atoms with Gasteiger partial charge in [-0.2, -0.15) is 0 Å². The molecule has 1 fully saturated rings. The van der Waals surface area contributed by atoms with Crippen LogP contribution in [0.2, 0.25) is 0 Å². The van der Waals surface area contributed by atoms with Crippen LogP contribution in [0.25, 0.3) is 11.1 Å². The molecule has 4 aromatic carbocycles. The summed E-state index contributed by atoms with van der Waals surface area (Å²) < 4.78 is 0. The van der Waals surface area contributed by atoms with Crippen LogP contribution in [0, 0.1) is 0 Å². The second-order valence-electron chi connectivity index (χ2n) is 11.2. The summed E-state index contributed by atoms with van der Waals surface area (Å²) in [4.78, 5) is 12.9. The number of phenolic OH excluding ortho intramolecular Hbond substituents is 1. The average Bonchev–Trinajstić information content (AvgIpc) is 3.23. The van der Waals surface area contributed by atoms with Crippen LogP contribution >= 0.6 is 0 Å². The van der Waals surface area contributed by atoms with Crippen molar-refractivity contribution in [2.45, 2.75) is 63.0 Å². The van der Waals surface area contributed by atoms with Crippen molar-refractivity contribution in [3.05, 3.63) is 126 Å². The Labute approximate surface area is 244 Å². The molecule has 4 aromatic rings. The van der Waals surface area contributed by atoms with Gasteiger partial charge in [-0.3, -0.25) is 4.79 Å². The van der Waals surface area contributed by atoms with Crippen LogP contribution in [0.5, 0.6) is 5.75 Å². The van der Waals surface area contributed by atoms with Gasteiger partial charge in [0, 0.05) is 5.54 Å². The highest BCUT2D eigenvalue weighted by Crippen LogP contribution is 2.39. The minimum absolute atomic E-state index is 0.0344. The summed E-state index contributed by atoms with van der Waals surface area (Å²) >= 11 is 0. The van der Waals surface area contributed by atoms with Gasteiger partial charge in [-0.05, 0) is 85.2 Å². The fourth-order valence-corrected chi connectivity index (χ4v) is 5.82. The van der Waals surface area contributed by atoms with Crippen molar-refractivity contribution in [2.75, 3.05) is 6.54 Å². The van der Waals surface area contributed by atoms with Crippen molar-refractivity contribution < 1.29 is 15.0 Å². The van der Waals surface area contributed by atoms with E-state index in [1.807, 2.05) is 91.0 Å².